The van der Waals surface area contributed by atoms with Gasteiger partial charge < -0.3 is 14.3 Å². The molecular formula is C18H22O3. The molecule has 1 aliphatic carbocycles. The van der Waals surface area contributed by atoms with Crippen molar-refractivity contribution in [3.05, 3.63) is 52.5 Å². The SMILES string of the molecule is COc1cc(C)cc(C)c1C(O)c1ccc(C2CC2C)o1. The number of aliphatic hydroxyl groups is 1. The molecule has 0 amide bonds. The van der Waals surface area contributed by atoms with Gasteiger partial charge in [0, 0.05) is 11.5 Å². The Kier molecular flexibility index (Phi) is 3.54. The van der Waals surface area contributed by atoms with Gasteiger partial charge in [0.2, 0.25) is 0 Å². The van der Waals surface area contributed by atoms with E-state index in [0.29, 0.717) is 23.3 Å². The number of ether oxygens (including phenoxy) is 1. The van der Waals surface area contributed by atoms with E-state index in [2.05, 4.69) is 6.92 Å². The Balaban J connectivity index is 1.94. The van der Waals surface area contributed by atoms with Crippen LogP contribution in [-0.2, 0) is 0 Å². The number of furan rings is 1. The molecule has 3 rings (SSSR count). The zero-order valence-electron chi connectivity index (χ0n) is 13.0. The molecular weight excluding hydrogens is 264 g/mol. The summed E-state index contributed by atoms with van der Waals surface area (Å²) in [6.07, 6.45) is 0.388. The highest BCUT2D eigenvalue weighted by Gasteiger charge is 2.37. The van der Waals surface area contributed by atoms with Crippen LogP contribution in [0.2, 0.25) is 0 Å². The van der Waals surface area contributed by atoms with Crippen LogP contribution in [0.25, 0.3) is 0 Å². The Hall–Kier alpha value is -1.74. The van der Waals surface area contributed by atoms with Crippen LogP contribution < -0.4 is 4.74 Å². The third-order valence-electron chi connectivity index (χ3n) is 4.38. The third kappa shape index (κ3) is 2.58. The molecule has 112 valence electrons. The fourth-order valence-electron chi connectivity index (χ4n) is 3.03. The minimum atomic E-state index is -0.789. The first kappa shape index (κ1) is 14.2. The van der Waals surface area contributed by atoms with Crippen molar-refractivity contribution in [2.45, 2.75) is 39.2 Å². The van der Waals surface area contributed by atoms with Gasteiger partial charge in [-0.3, -0.25) is 0 Å². The van der Waals surface area contributed by atoms with Gasteiger partial charge in [0.25, 0.3) is 0 Å². The van der Waals surface area contributed by atoms with Gasteiger partial charge in [-0.25, -0.2) is 0 Å². The summed E-state index contributed by atoms with van der Waals surface area (Å²) in [4.78, 5) is 0. The number of rotatable bonds is 4. The molecule has 3 heteroatoms. The van der Waals surface area contributed by atoms with Crippen LogP contribution in [0.4, 0.5) is 0 Å². The van der Waals surface area contributed by atoms with Gasteiger partial charge in [0.1, 0.15) is 23.4 Å². The van der Waals surface area contributed by atoms with Gasteiger partial charge in [-0.2, -0.15) is 0 Å². The lowest BCUT2D eigenvalue weighted by atomic mass is 9.98. The summed E-state index contributed by atoms with van der Waals surface area (Å²) in [6, 6.07) is 7.86. The number of aryl methyl sites for hydroxylation is 2. The highest BCUT2D eigenvalue weighted by molar-refractivity contribution is 5.46. The highest BCUT2D eigenvalue weighted by Crippen LogP contribution is 2.48. The molecule has 3 nitrogen and oxygen atoms in total. The Labute approximate surface area is 125 Å². The number of aliphatic hydroxyl groups excluding tert-OH is 1. The number of hydrogen-bond acceptors (Lipinski definition) is 3. The van der Waals surface area contributed by atoms with Crippen LogP contribution in [0, 0.1) is 19.8 Å². The van der Waals surface area contributed by atoms with Crippen molar-refractivity contribution in [1.29, 1.82) is 0 Å². The van der Waals surface area contributed by atoms with Crippen molar-refractivity contribution in [2.75, 3.05) is 7.11 Å². The highest BCUT2D eigenvalue weighted by atomic mass is 16.5. The maximum atomic E-state index is 10.7. The van der Waals surface area contributed by atoms with Crippen molar-refractivity contribution < 1.29 is 14.3 Å². The van der Waals surface area contributed by atoms with Crippen LogP contribution in [0.1, 0.15) is 53.6 Å². The van der Waals surface area contributed by atoms with E-state index < -0.39 is 6.10 Å². The molecule has 1 heterocycles. The molecule has 1 aromatic carbocycles. The summed E-state index contributed by atoms with van der Waals surface area (Å²) >= 11 is 0. The average Bonchev–Trinajstić information content (AvgIpc) is 2.99. The first-order valence-electron chi connectivity index (χ1n) is 7.44. The topological polar surface area (TPSA) is 42.6 Å². The second kappa shape index (κ2) is 5.23. The molecule has 21 heavy (non-hydrogen) atoms. The van der Waals surface area contributed by atoms with Crippen molar-refractivity contribution in [3.8, 4) is 5.75 Å². The lowest BCUT2D eigenvalue weighted by Gasteiger charge is -2.17. The normalized spacial score (nSPS) is 22.1. The van der Waals surface area contributed by atoms with Gasteiger partial charge in [0.15, 0.2) is 0 Å². The minimum Gasteiger partial charge on any atom is -0.496 e. The summed E-state index contributed by atoms with van der Waals surface area (Å²) in [7, 11) is 1.63. The molecule has 0 saturated heterocycles. The van der Waals surface area contributed by atoms with E-state index >= 15 is 0 Å². The molecule has 2 aromatic rings. The molecule has 3 unspecified atom stereocenters. The fourth-order valence-corrected chi connectivity index (χ4v) is 3.03. The van der Waals surface area contributed by atoms with E-state index in [4.69, 9.17) is 9.15 Å². The Morgan fingerprint density at radius 3 is 2.62 bits per heavy atom. The molecule has 0 radical (unpaired) electrons. The van der Waals surface area contributed by atoms with E-state index in [9.17, 15) is 5.11 Å². The van der Waals surface area contributed by atoms with Gasteiger partial charge in [0.05, 0.1) is 7.11 Å². The van der Waals surface area contributed by atoms with Gasteiger partial charge >= 0.3 is 0 Å². The van der Waals surface area contributed by atoms with E-state index in [0.717, 1.165) is 22.5 Å². The maximum Gasteiger partial charge on any atom is 0.140 e. The summed E-state index contributed by atoms with van der Waals surface area (Å²) in [5, 5.41) is 10.7. The molecule has 3 atom stereocenters. The van der Waals surface area contributed by atoms with E-state index in [1.54, 1.807) is 7.11 Å². The Morgan fingerprint density at radius 2 is 2.00 bits per heavy atom. The molecule has 0 aliphatic heterocycles. The van der Waals surface area contributed by atoms with Crippen molar-refractivity contribution in [2.24, 2.45) is 5.92 Å². The van der Waals surface area contributed by atoms with Gasteiger partial charge in [-0.15, -0.1) is 0 Å². The number of benzene rings is 1. The van der Waals surface area contributed by atoms with E-state index in [-0.39, 0.29) is 0 Å². The second-order valence-electron chi connectivity index (χ2n) is 6.16. The lowest BCUT2D eigenvalue weighted by molar-refractivity contribution is 0.181. The third-order valence-corrected chi connectivity index (χ3v) is 4.38. The molecule has 1 aliphatic rings. The molecule has 0 bridgehead atoms. The zero-order chi connectivity index (χ0) is 15.1. The Bertz CT molecular complexity index is 656. The van der Waals surface area contributed by atoms with Crippen LogP contribution in [0.3, 0.4) is 0 Å². The summed E-state index contributed by atoms with van der Waals surface area (Å²) < 4.78 is 11.3. The van der Waals surface area contributed by atoms with Crippen LogP contribution in [-0.4, -0.2) is 12.2 Å². The lowest BCUT2D eigenvalue weighted by Crippen LogP contribution is -2.04. The Morgan fingerprint density at radius 1 is 1.29 bits per heavy atom. The van der Waals surface area contributed by atoms with Crippen LogP contribution in [0.15, 0.2) is 28.7 Å². The first-order chi connectivity index (χ1) is 10.0. The van der Waals surface area contributed by atoms with Crippen LogP contribution >= 0.6 is 0 Å². The van der Waals surface area contributed by atoms with Crippen molar-refractivity contribution in [1.82, 2.24) is 0 Å². The predicted molar refractivity (Wildman–Crippen MR) is 81.8 cm³/mol. The average molecular weight is 286 g/mol. The largest absolute Gasteiger partial charge is 0.496 e. The second-order valence-corrected chi connectivity index (χ2v) is 6.16. The standard InChI is InChI=1S/C18H22O3/c1-10-7-12(3)17(16(8-10)20-4)18(19)15-6-5-14(21-15)13-9-11(13)2/h5-8,11,13,18-19H,9H2,1-4H3. The maximum absolute atomic E-state index is 10.7. The first-order valence-corrected chi connectivity index (χ1v) is 7.44. The molecule has 1 N–H and O–H groups in total. The molecule has 1 saturated carbocycles. The van der Waals surface area contributed by atoms with Crippen LogP contribution in [0.5, 0.6) is 5.75 Å². The molecule has 1 aromatic heterocycles. The number of hydrogen-bond donors (Lipinski definition) is 1. The molecule has 0 spiro atoms. The quantitative estimate of drug-likeness (QED) is 0.919. The molecule has 1 fully saturated rings. The smallest absolute Gasteiger partial charge is 0.140 e. The van der Waals surface area contributed by atoms with Crippen molar-refractivity contribution >= 4 is 0 Å². The predicted octanol–water partition coefficient (Wildman–Crippen LogP) is 4.11. The summed E-state index contributed by atoms with van der Waals surface area (Å²) in [6.45, 7) is 6.22. The monoisotopic (exact) mass is 286 g/mol. The fraction of sp³-hybridized carbons (Fsp3) is 0.444. The van der Waals surface area contributed by atoms with E-state index in [1.165, 1.54) is 6.42 Å². The van der Waals surface area contributed by atoms with Crippen molar-refractivity contribution in [3.63, 3.8) is 0 Å². The number of methoxy groups -OCH3 is 1. The van der Waals surface area contributed by atoms with Gasteiger partial charge in [-0.1, -0.05) is 13.0 Å². The minimum absolute atomic E-state index is 0.520. The summed E-state index contributed by atoms with van der Waals surface area (Å²) in [5.41, 5.74) is 2.91. The van der Waals surface area contributed by atoms with Gasteiger partial charge in [-0.05, 0) is 55.5 Å². The van der Waals surface area contributed by atoms with E-state index in [1.807, 2.05) is 38.1 Å². The zero-order valence-corrected chi connectivity index (χ0v) is 13.0. The summed E-state index contributed by atoms with van der Waals surface area (Å²) in [5.74, 6) is 3.50.